The molecule has 1 atom stereocenters. The molecule has 134 valence electrons. The Morgan fingerprint density at radius 3 is 2.76 bits per heavy atom. The van der Waals surface area contributed by atoms with Gasteiger partial charge in [-0.05, 0) is 24.3 Å². The number of aliphatic hydroxyl groups is 1. The van der Waals surface area contributed by atoms with Crippen molar-refractivity contribution in [1.29, 1.82) is 0 Å². The maximum absolute atomic E-state index is 12.9. The Bertz CT molecular complexity index is 709. The predicted octanol–water partition coefficient (Wildman–Crippen LogP) is 1.48. The highest BCUT2D eigenvalue weighted by Gasteiger charge is 2.23. The number of anilines is 1. The highest BCUT2D eigenvalue weighted by molar-refractivity contribution is 5.48. The summed E-state index contributed by atoms with van der Waals surface area (Å²) in [5, 5.41) is 10.3. The number of β-amino-alcohol motifs (C(OH)–C–C–N with tert-alkyl or cyclic N) is 1. The van der Waals surface area contributed by atoms with Crippen molar-refractivity contribution in [3.8, 4) is 5.75 Å². The maximum Gasteiger partial charge on any atom is 0.136 e. The summed E-state index contributed by atoms with van der Waals surface area (Å²) in [5.74, 6) is 1.17. The molecule has 0 bridgehead atoms. The summed E-state index contributed by atoms with van der Waals surface area (Å²) in [6.07, 6.45) is 1.82. The highest BCUT2D eigenvalue weighted by Crippen LogP contribution is 2.24. The number of benzene rings is 1. The largest absolute Gasteiger partial charge is 0.491 e. The topological polar surface area (TPSA) is 61.7 Å². The Kier molecular flexibility index (Phi) is 5.45. The van der Waals surface area contributed by atoms with Crippen LogP contribution in [0.25, 0.3) is 0 Å². The molecule has 1 N–H and O–H groups in total. The molecule has 2 heterocycles. The van der Waals surface area contributed by atoms with Crippen molar-refractivity contribution in [1.82, 2.24) is 14.9 Å². The van der Waals surface area contributed by atoms with Crippen molar-refractivity contribution in [3.63, 3.8) is 0 Å². The minimum atomic E-state index is -0.626. The molecule has 0 amide bonds. The first kappa shape index (κ1) is 17.6. The van der Waals surface area contributed by atoms with E-state index in [2.05, 4.69) is 14.9 Å². The molecule has 25 heavy (non-hydrogen) atoms. The van der Waals surface area contributed by atoms with Gasteiger partial charge in [0.15, 0.2) is 0 Å². The lowest BCUT2D eigenvalue weighted by Gasteiger charge is -2.31. The number of halogens is 1. The molecule has 6 nitrogen and oxygen atoms in total. The number of rotatable bonds is 6. The van der Waals surface area contributed by atoms with Crippen molar-refractivity contribution in [2.75, 3.05) is 38.7 Å². The van der Waals surface area contributed by atoms with Gasteiger partial charge in [-0.1, -0.05) is 0 Å². The van der Waals surface area contributed by atoms with Gasteiger partial charge in [0, 0.05) is 45.7 Å². The minimum Gasteiger partial charge on any atom is -0.491 e. The summed E-state index contributed by atoms with van der Waals surface area (Å²) in [6, 6.07) is 5.79. The number of aliphatic hydroxyl groups excluding tert-OH is 1. The van der Waals surface area contributed by atoms with Crippen LogP contribution in [-0.2, 0) is 13.0 Å². The molecule has 1 aromatic heterocycles. The molecule has 0 aliphatic carbocycles. The van der Waals surface area contributed by atoms with Crippen LogP contribution < -0.4 is 9.64 Å². The normalized spacial score (nSPS) is 15.5. The number of hydrogen-bond donors (Lipinski definition) is 1. The van der Waals surface area contributed by atoms with E-state index < -0.39 is 6.10 Å². The van der Waals surface area contributed by atoms with Crippen molar-refractivity contribution in [2.24, 2.45) is 0 Å². The van der Waals surface area contributed by atoms with Gasteiger partial charge in [-0.25, -0.2) is 14.4 Å². The molecule has 0 fully saturated rings. The van der Waals surface area contributed by atoms with Crippen molar-refractivity contribution < 1.29 is 14.2 Å². The lowest BCUT2D eigenvalue weighted by molar-refractivity contribution is 0.0635. The number of fused-ring (bicyclic) bond motifs is 1. The van der Waals surface area contributed by atoms with Gasteiger partial charge in [-0.15, -0.1) is 0 Å². The first-order valence-electron chi connectivity index (χ1n) is 8.32. The summed E-state index contributed by atoms with van der Waals surface area (Å²) in [6.45, 7) is 2.21. The smallest absolute Gasteiger partial charge is 0.136 e. The zero-order valence-corrected chi connectivity index (χ0v) is 14.5. The Balaban J connectivity index is 1.56. The first-order valence-corrected chi connectivity index (χ1v) is 8.32. The van der Waals surface area contributed by atoms with E-state index in [9.17, 15) is 9.50 Å². The molecule has 2 aromatic rings. The number of aromatic nitrogens is 2. The fourth-order valence-electron chi connectivity index (χ4n) is 3.00. The van der Waals surface area contributed by atoms with Crippen LogP contribution >= 0.6 is 0 Å². The van der Waals surface area contributed by atoms with Gasteiger partial charge < -0.3 is 14.7 Å². The Morgan fingerprint density at radius 1 is 1.28 bits per heavy atom. The van der Waals surface area contributed by atoms with Gasteiger partial charge in [0.2, 0.25) is 0 Å². The van der Waals surface area contributed by atoms with Crippen LogP contribution in [0.15, 0.2) is 30.6 Å². The van der Waals surface area contributed by atoms with E-state index in [1.807, 2.05) is 19.0 Å². The van der Waals surface area contributed by atoms with E-state index in [0.29, 0.717) is 18.8 Å². The second kappa shape index (κ2) is 7.76. The van der Waals surface area contributed by atoms with Crippen LogP contribution in [0.5, 0.6) is 5.75 Å². The fourth-order valence-corrected chi connectivity index (χ4v) is 3.00. The van der Waals surface area contributed by atoms with Crippen LogP contribution in [0, 0.1) is 5.82 Å². The molecule has 7 heteroatoms. The molecule has 1 aromatic carbocycles. The third kappa shape index (κ3) is 4.43. The van der Waals surface area contributed by atoms with E-state index in [1.165, 1.54) is 12.1 Å². The predicted molar refractivity (Wildman–Crippen MR) is 93.2 cm³/mol. The summed E-state index contributed by atoms with van der Waals surface area (Å²) >= 11 is 0. The lowest BCUT2D eigenvalue weighted by atomic mass is 10.1. The van der Waals surface area contributed by atoms with Crippen molar-refractivity contribution in [2.45, 2.75) is 19.1 Å². The lowest BCUT2D eigenvalue weighted by Crippen LogP contribution is -2.39. The van der Waals surface area contributed by atoms with Crippen LogP contribution in [0.4, 0.5) is 10.2 Å². The molecule has 3 rings (SSSR count). The van der Waals surface area contributed by atoms with Crippen molar-refractivity contribution >= 4 is 5.82 Å². The average molecular weight is 346 g/mol. The molecule has 0 saturated heterocycles. The summed E-state index contributed by atoms with van der Waals surface area (Å²) < 4.78 is 18.4. The summed E-state index contributed by atoms with van der Waals surface area (Å²) in [7, 11) is 3.93. The average Bonchev–Trinajstić information content (AvgIpc) is 2.60. The Morgan fingerprint density at radius 2 is 2.04 bits per heavy atom. The zero-order chi connectivity index (χ0) is 17.8. The highest BCUT2D eigenvalue weighted by atomic mass is 19.1. The fraction of sp³-hybridized carbons (Fsp3) is 0.444. The third-order valence-corrected chi connectivity index (χ3v) is 4.21. The second-order valence-electron chi connectivity index (χ2n) is 6.42. The van der Waals surface area contributed by atoms with Crippen LogP contribution in [-0.4, -0.2) is 59.9 Å². The zero-order valence-electron chi connectivity index (χ0n) is 14.5. The number of hydrogen-bond acceptors (Lipinski definition) is 6. The summed E-state index contributed by atoms with van der Waals surface area (Å²) in [5.41, 5.74) is 2.19. The molecule has 1 aliphatic rings. The molecule has 1 unspecified atom stereocenters. The van der Waals surface area contributed by atoms with E-state index in [0.717, 1.165) is 30.0 Å². The first-order chi connectivity index (χ1) is 12.0. The molecule has 0 spiro atoms. The maximum atomic E-state index is 12.9. The van der Waals surface area contributed by atoms with Gasteiger partial charge in [0.05, 0.1) is 5.69 Å². The van der Waals surface area contributed by atoms with Crippen LogP contribution in [0.3, 0.4) is 0 Å². The van der Waals surface area contributed by atoms with Crippen LogP contribution in [0.1, 0.15) is 11.3 Å². The SMILES string of the molecule is CN(C)c1ncnc2c1CN(CC(O)COc1ccc(F)cc1)CC2. The van der Waals surface area contributed by atoms with E-state index >= 15 is 0 Å². The van der Waals surface area contributed by atoms with Gasteiger partial charge in [0.25, 0.3) is 0 Å². The van der Waals surface area contributed by atoms with E-state index in [1.54, 1.807) is 18.5 Å². The monoisotopic (exact) mass is 346 g/mol. The quantitative estimate of drug-likeness (QED) is 0.855. The van der Waals surface area contributed by atoms with E-state index in [4.69, 9.17) is 4.74 Å². The second-order valence-corrected chi connectivity index (χ2v) is 6.42. The van der Waals surface area contributed by atoms with Crippen molar-refractivity contribution in [3.05, 3.63) is 47.7 Å². The number of nitrogens with zero attached hydrogens (tertiary/aromatic N) is 4. The minimum absolute atomic E-state index is 0.167. The summed E-state index contributed by atoms with van der Waals surface area (Å²) in [4.78, 5) is 12.9. The third-order valence-electron chi connectivity index (χ3n) is 4.21. The molecule has 0 radical (unpaired) electrons. The van der Waals surface area contributed by atoms with E-state index in [-0.39, 0.29) is 12.4 Å². The standard InChI is InChI=1S/C18H23FN4O2/c1-22(2)18-16-10-23(8-7-17(16)20-12-21-18)9-14(24)11-25-15-5-3-13(19)4-6-15/h3-6,12,14,24H,7-11H2,1-2H3. The molecular formula is C18H23FN4O2. The number of ether oxygens (including phenoxy) is 1. The van der Waals surface area contributed by atoms with Gasteiger partial charge in [-0.3, -0.25) is 4.90 Å². The van der Waals surface area contributed by atoms with Crippen LogP contribution in [0.2, 0.25) is 0 Å². The Hall–Kier alpha value is -2.25. The Labute approximate surface area is 146 Å². The molecule has 1 aliphatic heterocycles. The van der Waals surface area contributed by atoms with Gasteiger partial charge >= 0.3 is 0 Å². The molecular weight excluding hydrogens is 323 g/mol. The molecule has 0 saturated carbocycles. The van der Waals surface area contributed by atoms with Gasteiger partial charge in [-0.2, -0.15) is 0 Å². The van der Waals surface area contributed by atoms with Gasteiger partial charge in [0.1, 0.15) is 36.4 Å².